The van der Waals surface area contributed by atoms with Crippen LogP contribution in [0.5, 0.6) is 11.5 Å². The minimum absolute atomic E-state index is 0. The normalized spacial score (nSPS) is 18.2. The molecule has 2 fully saturated rings. The molecule has 30 heavy (non-hydrogen) atoms. The minimum atomic E-state index is -0.0111. The molecule has 0 N–H and O–H groups in total. The summed E-state index contributed by atoms with van der Waals surface area (Å²) in [6.07, 6.45) is 17.6. The molecule has 0 aliphatic heterocycles. The molecule has 1 unspecified atom stereocenters. The molecule has 0 heterocycles. The summed E-state index contributed by atoms with van der Waals surface area (Å²) in [5, 5.41) is 23.4. The van der Waals surface area contributed by atoms with E-state index < -0.39 is 0 Å². The van der Waals surface area contributed by atoms with Gasteiger partial charge in [-0.15, -0.1) is 11.5 Å². The van der Waals surface area contributed by atoms with Crippen molar-refractivity contribution in [2.45, 2.75) is 13.3 Å². The van der Waals surface area contributed by atoms with Crippen LogP contribution in [0.2, 0.25) is 0 Å². The van der Waals surface area contributed by atoms with Gasteiger partial charge in [0, 0.05) is 5.92 Å². The fraction of sp³-hybridized carbons (Fsp3) is 0.111. The molecule has 2 aliphatic rings. The molecule has 150 valence electrons. The van der Waals surface area contributed by atoms with Crippen LogP contribution in [-0.2, 0) is 17.1 Å². The fourth-order valence-corrected chi connectivity index (χ4v) is 3.84. The quantitative estimate of drug-likeness (QED) is 0.630. The maximum absolute atomic E-state index is 11.7. The summed E-state index contributed by atoms with van der Waals surface area (Å²) in [5.74, 6) is 2.78. The Hall–Kier alpha value is -1.70. The van der Waals surface area contributed by atoms with Gasteiger partial charge in [-0.25, -0.2) is 0 Å². The zero-order valence-corrected chi connectivity index (χ0v) is 17.8. The average molecular weight is 434 g/mol. The van der Waals surface area contributed by atoms with Crippen molar-refractivity contribution >= 4 is 5.57 Å². The van der Waals surface area contributed by atoms with E-state index in [1.807, 2.05) is 37.1 Å². The summed E-state index contributed by atoms with van der Waals surface area (Å²) in [7, 11) is 0. The molecule has 2 aliphatic carbocycles. The molecule has 4 rings (SSSR count). The number of hydrogen-bond acceptors (Lipinski definition) is 2. The molecule has 2 nitrogen and oxygen atoms in total. The van der Waals surface area contributed by atoms with Crippen LogP contribution in [0, 0.1) is 69.1 Å². The molecular formula is C27H22FeO2. The van der Waals surface area contributed by atoms with Gasteiger partial charge in [0.05, 0.1) is 0 Å². The van der Waals surface area contributed by atoms with Gasteiger partial charge in [0.25, 0.3) is 0 Å². The summed E-state index contributed by atoms with van der Waals surface area (Å²) in [6, 6.07) is 13.9. The van der Waals surface area contributed by atoms with Crippen molar-refractivity contribution in [2.24, 2.45) is 5.92 Å². The zero-order chi connectivity index (χ0) is 20.2. The van der Waals surface area contributed by atoms with E-state index in [1.165, 1.54) is 11.5 Å². The third-order valence-corrected chi connectivity index (χ3v) is 5.37. The Balaban J connectivity index is 0.00000256. The third-order valence-electron chi connectivity index (χ3n) is 5.37. The van der Waals surface area contributed by atoms with Crippen molar-refractivity contribution in [2.75, 3.05) is 0 Å². The average Bonchev–Trinajstić information content (AvgIpc) is 3.44. The van der Waals surface area contributed by atoms with Gasteiger partial charge in [-0.2, -0.15) is 0 Å². The Morgan fingerprint density at radius 3 is 1.60 bits per heavy atom. The van der Waals surface area contributed by atoms with Gasteiger partial charge in [0.15, 0.2) is 0 Å². The molecule has 0 spiro atoms. The third kappa shape index (κ3) is 5.31. The molecule has 0 aromatic heterocycles. The van der Waals surface area contributed by atoms with Crippen LogP contribution in [0.15, 0.2) is 54.1 Å². The summed E-state index contributed by atoms with van der Waals surface area (Å²) in [6.45, 7) is 2.23. The van der Waals surface area contributed by atoms with Crippen molar-refractivity contribution in [3.8, 4) is 11.5 Å². The van der Waals surface area contributed by atoms with Crippen molar-refractivity contribution in [1.29, 1.82) is 0 Å². The predicted octanol–water partition coefficient (Wildman–Crippen LogP) is 4.47. The van der Waals surface area contributed by atoms with E-state index in [4.69, 9.17) is 0 Å². The van der Waals surface area contributed by atoms with Crippen LogP contribution in [0.3, 0.4) is 0 Å². The molecule has 2 aromatic rings. The van der Waals surface area contributed by atoms with Gasteiger partial charge >= 0.3 is 17.1 Å². The van der Waals surface area contributed by atoms with Gasteiger partial charge < -0.3 is 10.2 Å². The second kappa shape index (κ2) is 10.6. The fourth-order valence-electron chi connectivity index (χ4n) is 3.84. The van der Waals surface area contributed by atoms with Gasteiger partial charge in [0.1, 0.15) is 0 Å². The van der Waals surface area contributed by atoms with E-state index in [0.717, 1.165) is 29.0 Å². The number of benzene rings is 2. The minimum Gasteiger partial charge on any atom is -0.872 e. The standard InChI is InChI=1S/C27H24O2.Fe/c1-19(20-6-2-3-7-20)18-26(21-8-4-5-9-21)27(22-10-14-24(28)15-11-22)23-12-16-25(29)17-13-23;/h2-17,19,28-29H,18H2,1H3;/q;+2/p-2. The molecule has 3 heteroatoms. The van der Waals surface area contributed by atoms with Crippen LogP contribution < -0.4 is 10.2 Å². The van der Waals surface area contributed by atoms with Crippen molar-refractivity contribution in [3.63, 3.8) is 0 Å². The first-order chi connectivity index (χ1) is 14.1. The maximum Gasteiger partial charge on any atom is 2.00 e. The van der Waals surface area contributed by atoms with Crippen LogP contribution in [0.4, 0.5) is 0 Å². The molecule has 2 aromatic carbocycles. The smallest absolute Gasteiger partial charge is 0.872 e. The summed E-state index contributed by atoms with van der Waals surface area (Å²) >= 11 is 0. The topological polar surface area (TPSA) is 46.1 Å². The Bertz CT molecular complexity index is 779. The first-order valence-corrected chi connectivity index (χ1v) is 9.83. The van der Waals surface area contributed by atoms with Crippen LogP contribution in [0.25, 0.3) is 5.57 Å². The van der Waals surface area contributed by atoms with Crippen molar-refractivity contribution in [1.82, 2.24) is 0 Å². The number of hydrogen-bond donors (Lipinski definition) is 0. The van der Waals surface area contributed by atoms with E-state index >= 15 is 0 Å². The molecule has 0 bridgehead atoms. The molecule has 0 saturated heterocycles. The molecule has 10 radical (unpaired) electrons. The maximum atomic E-state index is 11.7. The molecular weight excluding hydrogens is 412 g/mol. The van der Waals surface area contributed by atoms with Crippen molar-refractivity contribution in [3.05, 3.63) is 128 Å². The van der Waals surface area contributed by atoms with Gasteiger partial charge in [-0.05, 0) is 86.3 Å². The largest absolute Gasteiger partial charge is 2.00 e. The Morgan fingerprint density at radius 2 is 1.13 bits per heavy atom. The van der Waals surface area contributed by atoms with Gasteiger partial charge in [-0.1, -0.05) is 61.0 Å². The SMILES string of the molecule is CC(CC([C]1[CH][CH][CH][CH]1)=C(c1ccc([O-])cc1)c1ccc([O-])cc1)[C]1[CH][CH][CH][CH]1.[Fe+2]. The first-order valence-electron chi connectivity index (χ1n) is 9.83. The molecule has 0 amide bonds. The Labute approximate surface area is 191 Å². The summed E-state index contributed by atoms with van der Waals surface area (Å²) in [5.41, 5.74) is 4.24. The second-order valence-electron chi connectivity index (χ2n) is 7.40. The van der Waals surface area contributed by atoms with Crippen LogP contribution >= 0.6 is 0 Å². The zero-order valence-electron chi connectivity index (χ0n) is 16.7. The van der Waals surface area contributed by atoms with E-state index in [2.05, 4.69) is 45.4 Å². The Morgan fingerprint density at radius 1 is 0.700 bits per heavy atom. The van der Waals surface area contributed by atoms with E-state index in [0.29, 0.717) is 5.92 Å². The molecule has 1 atom stereocenters. The molecule has 2 saturated carbocycles. The van der Waals surface area contributed by atoms with Crippen LogP contribution in [0.1, 0.15) is 24.5 Å². The van der Waals surface area contributed by atoms with Crippen molar-refractivity contribution < 1.29 is 27.3 Å². The first kappa shape index (κ1) is 23.0. The van der Waals surface area contributed by atoms with Gasteiger partial charge in [0.2, 0.25) is 0 Å². The van der Waals surface area contributed by atoms with Gasteiger partial charge in [-0.3, -0.25) is 0 Å². The van der Waals surface area contributed by atoms with E-state index in [9.17, 15) is 10.2 Å². The summed E-state index contributed by atoms with van der Waals surface area (Å²) < 4.78 is 0. The van der Waals surface area contributed by atoms with Crippen LogP contribution in [-0.4, -0.2) is 0 Å². The van der Waals surface area contributed by atoms with E-state index in [-0.39, 0.29) is 28.6 Å². The predicted molar refractivity (Wildman–Crippen MR) is 112 cm³/mol. The number of rotatable bonds is 6. The second-order valence-corrected chi connectivity index (χ2v) is 7.40. The van der Waals surface area contributed by atoms with E-state index in [1.54, 1.807) is 24.3 Å². The Kier molecular flexibility index (Phi) is 8.08. The number of allylic oxidation sites excluding steroid dienone is 1. The summed E-state index contributed by atoms with van der Waals surface area (Å²) in [4.78, 5) is 0. The monoisotopic (exact) mass is 434 g/mol.